The third-order valence-electron chi connectivity index (χ3n) is 13.2. The van der Waals surface area contributed by atoms with Crippen molar-refractivity contribution in [2.75, 3.05) is 52.5 Å². The zero-order valence-corrected chi connectivity index (χ0v) is 48.9. The molecule has 0 aromatic carbocycles. The van der Waals surface area contributed by atoms with Gasteiger partial charge >= 0.3 is 11.9 Å². The van der Waals surface area contributed by atoms with Crippen LogP contribution in [0.4, 0.5) is 0 Å². The van der Waals surface area contributed by atoms with Crippen LogP contribution in [-0.2, 0) is 28.7 Å². The maximum atomic E-state index is 13.1. The van der Waals surface area contributed by atoms with E-state index < -0.39 is 73.1 Å². The summed E-state index contributed by atoms with van der Waals surface area (Å²) in [4.78, 5) is 55.9. The first kappa shape index (κ1) is 71.6. The Balaban J connectivity index is 2.76. The van der Waals surface area contributed by atoms with Crippen molar-refractivity contribution in [1.29, 1.82) is 0 Å². The minimum atomic E-state index is -1.21. The SMILES string of the molecule is CCCCC/C=C\C/C=C\CC(O)CN(CCOC(=O)CC1NC(=O)C(CC(=O)OCCN(CC(O)C/C=C\C/C=C\CCCCC)CC(O)C/C=C\C/C=C\CCCCC)NC1=O)CC(O)C/C=C\C/C=C\CCCCC. The van der Waals surface area contributed by atoms with Gasteiger partial charge in [-0.05, 0) is 103 Å². The topological polar surface area (TPSA) is 198 Å². The third-order valence-corrected chi connectivity index (χ3v) is 13.2. The van der Waals surface area contributed by atoms with Crippen molar-refractivity contribution in [2.45, 2.75) is 231 Å². The molecule has 0 saturated carbocycles. The van der Waals surface area contributed by atoms with Gasteiger partial charge in [0.05, 0.1) is 37.3 Å². The molecule has 0 aromatic rings. The number of carbonyl (C=O) groups is 4. The number of rotatable bonds is 50. The Labute approximate surface area is 472 Å². The molecule has 0 aromatic heterocycles. The van der Waals surface area contributed by atoms with Gasteiger partial charge in [0, 0.05) is 39.3 Å². The van der Waals surface area contributed by atoms with Gasteiger partial charge in [-0.1, -0.05) is 176 Å². The van der Waals surface area contributed by atoms with Gasteiger partial charge in [0.2, 0.25) is 11.8 Å². The molecule has 6 N–H and O–H groups in total. The lowest BCUT2D eigenvalue weighted by Crippen LogP contribution is -2.62. The van der Waals surface area contributed by atoms with Crippen molar-refractivity contribution in [3.8, 4) is 0 Å². The van der Waals surface area contributed by atoms with Crippen LogP contribution in [0, 0.1) is 0 Å². The van der Waals surface area contributed by atoms with Crippen molar-refractivity contribution in [3.63, 3.8) is 0 Å². The minimum absolute atomic E-state index is 0.0654. The highest BCUT2D eigenvalue weighted by atomic mass is 16.5. The van der Waals surface area contributed by atoms with Crippen molar-refractivity contribution in [2.24, 2.45) is 0 Å². The molecule has 0 radical (unpaired) electrons. The average molecular weight is 1090 g/mol. The number of carbonyl (C=O) groups excluding carboxylic acids is 4. The molecule has 6 atom stereocenters. The summed E-state index contributed by atoms with van der Waals surface area (Å²) in [6, 6.07) is -2.41. The number of nitrogens with zero attached hydrogens (tertiary/aromatic N) is 2. The number of hydrogen-bond donors (Lipinski definition) is 6. The summed E-state index contributed by atoms with van der Waals surface area (Å²) in [7, 11) is 0. The maximum Gasteiger partial charge on any atom is 0.308 e. The van der Waals surface area contributed by atoms with E-state index in [-0.39, 0.29) is 52.5 Å². The maximum absolute atomic E-state index is 13.1. The highest BCUT2D eigenvalue weighted by molar-refractivity contribution is 6.00. The monoisotopic (exact) mass is 1090 g/mol. The van der Waals surface area contributed by atoms with Gasteiger partial charge in [0.1, 0.15) is 25.3 Å². The molecule has 0 bridgehead atoms. The fourth-order valence-electron chi connectivity index (χ4n) is 8.61. The van der Waals surface area contributed by atoms with E-state index in [1.54, 1.807) is 0 Å². The Bertz CT molecular complexity index is 1570. The van der Waals surface area contributed by atoms with E-state index in [1.165, 1.54) is 77.0 Å². The molecule has 1 heterocycles. The van der Waals surface area contributed by atoms with Gasteiger partial charge in [-0.3, -0.25) is 29.0 Å². The van der Waals surface area contributed by atoms with E-state index in [0.717, 1.165) is 51.4 Å². The van der Waals surface area contributed by atoms with Gasteiger partial charge in [0.15, 0.2) is 0 Å². The number of unbranched alkanes of at least 4 members (excludes halogenated alkanes) is 12. The Morgan fingerprint density at radius 1 is 0.423 bits per heavy atom. The highest BCUT2D eigenvalue weighted by Crippen LogP contribution is 2.11. The van der Waals surface area contributed by atoms with Crippen LogP contribution in [0.25, 0.3) is 0 Å². The van der Waals surface area contributed by atoms with Crippen molar-refractivity contribution in [3.05, 3.63) is 97.2 Å². The summed E-state index contributed by atoms with van der Waals surface area (Å²) in [6.45, 7) is 10.1. The number of esters is 2. The summed E-state index contributed by atoms with van der Waals surface area (Å²) >= 11 is 0. The zero-order valence-electron chi connectivity index (χ0n) is 48.9. The van der Waals surface area contributed by atoms with E-state index in [0.29, 0.717) is 25.7 Å². The summed E-state index contributed by atoms with van der Waals surface area (Å²) < 4.78 is 11.0. The van der Waals surface area contributed by atoms with Crippen LogP contribution in [0.2, 0.25) is 0 Å². The summed E-state index contributed by atoms with van der Waals surface area (Å²) in [6.07, 6.45) is 53.0. The predicted molar refractivity (Wildman–Crippen MR) is 319 cm³/mol. The quantitative estimate of drug-likeness (QED) is 0.0192. The van der Waals surface area contributed by atoms with Gasteiger partial charge in [0.25, 0.3) is 0 Å². The summed E-state index contributed by atoms with van der Waals surface area (Å²) in [5.41, 5.74) is 0. The lowest BCUT2D eigenvalue weighted by molar-refractivity contribution is -0.151. The van der Waals surface area contributed by atoms with Crippen LogP contribution in [0.5, 0.6) is 0 Å². The van der Waals surface area contributed by atoms with Crippen molar-refractivity contribution < 1.29 is 49.1 Å². The standard InChI is InChI=1S/C64H108N4O10/c1-5-9-13-17-21-25-29-33-37-41-55(69)51-67(52-56(70)42-38-34-30-26-22-18-14-10-6-2)45-47-77-61(73)49-59-63(75)66-60(64(76)65-59)50-62(74)78-48-46-68(53-57(71)43-39-35-31-27-23-19-15-11-7-3)54-58(72)44-40-36-32-28-24-20-16-12-8-4/h21-28,33-40,55-60,69-72H,5-20,29-32,41-54H2,1-4H3,(H,65,76)(H,66,75)/b25-21-,26-22-,27-23-,28-24-,37-33-,38-34-,39-35-,40-36-. The summed E-state index contributed by atoms with van der Waals surface area (Å²) in [5.74, 6) is -2.71. The third kappa shape index (κ3) is 42.5. The molecule has 444 valence electrons. The lowest BCUT2D eigenvalue weighted by Gasteiger charge is -2.29. The molecule has 1 saturated heterocycles. The van der Waals surface area contributed by atoms with E-state index in [9.17, 15) is 39.6 Å². The number of hydrogen-bond acceptors (Lipinski definition) is 12. The van der Waals surface area contributed by atoms with E-state index in [4.69, 9.17) is 9.47 Å². The Morgan fingerprint density at radius 2 is 0.679 bits per heavy atom. The number of amides is 2. The zero-order chi connectivity index (χ0) is 57.1. The minimum Gasteiger partial charge on any atom is -0.464 e. The number of allylic oxidation sites excluding steroid dienone is 12. The summed E-state index contributed by atoms with van der Waals surface area (Å²) in [5, 5.41) is 48.8. The second-order valence-electron chi connectivity index (χ2n) is 20.7. The van der Waals surface area contributed by atoms with Crippen molar-refractivity contribution >= 4 is 23.8 Å². The number of aliphatic hydroxyl groups is 4. The van der Waals surface area contributed by atoms with Crippen LogP contribution in [0.15, 0.2) is 97.2 Å². The highest BCUT2D eigenvalue weighted by Gasteiger charge is 2.36. The first-order valence-electron chi connectivity index (χ1n) is 30.2. The second-order valence-corrected chi connectivity index (χ2v) is 20.7. The van der Waals surface area contributed by atoms with Crippen LogP contribution in [0.1, 0.15) is 195 Å². The fraction of sp³-hybridized carbons (Fsp3) is 0.688. The molecular weight excluding hydrogens is 985 g/mol. The first-order chi connectivity index (χ1) is 37.9. The van der Waals surface area contributed by atoms with Gasteiger partial charge in [-0.25, -0.2) is 0 Å². The molecule has 0 spiro atoms. The van der Waals surface area contributed by atoms with E-state index >= 15 is 0 Å². The van der Waals surface area contributed by atoms with E-state index in [1.807, 2.05) is 58.4 Å². The molecule has 6 unspecified atom stereocenters. The molecule has 78 heavy (non-hydrogen) atoms. The number of nitrogens with one attached hydrogen (secondary N) is 2. The van der Waals surface area contributed by atoms with Crippen LogP contribution < -0.4 is 10.6 Å². The molecule has 1 aliphatic rings. The second kappa shape index (κ2) is 50.8. The predicted octanol–water partition coefficient (Wildman–Crippen LogP) is 10.8. The van der Waals surface area contributed by atoms with Crippen molar-refractivity contribution in [1.82, 2.24) is 20.4 Å². The number of ether oxygens (including phenoxy) is 2. The van der Waals surface area contributed by atoms with Gasteiger partial charge < -0.3 is 40.5 Å². The Kier molecular flexibility index (Phi) is 46.6. The van der Waals surface area contributed by atoms with E-state index in [2.05, 4.69) is 86.9 Å². The Hall–Kier alpha value is -4.44. The molecule has 14 heteroatoms. The molecule has 0 aliphatic carbocycles. The molecule has 1 rings (SSSR count). The smallest absolute Gasteiger partial charge is 0.308 e. The van der Waals surface area contributed by atoms with Gasteiger partial charge in [-0.2, -0.15) is 0 Å². The molecule has 1 fully saturated rings. The van der Waals surface area contributed by atoms with Gasteiger partial charge in [-0.15, -0.1) is 0 Å². The number of aliphatic hydroxyl groups excluding tert-OH is 4. The van der Waals surface area contributed by atoms with Crippen LogP contribution in [-0.4, -0.2) is 143 Å². The molecular formula is C64H108N4O10. The first-order valence-corrected chi connectivity index (χ1v) is 30.2. The largest absolute Gasteiger partial charge is 0.464 e. The normalized spacial score (nSPS) is 17.2. The molecule has 14 nitrogen and oxygen atoms in total. The average Bonchev–Trinajstić information content (AvgIpc) is 3.40. The van der Waals surface area contributed by atoms with Crippen LogP contribution >= 0.6 is 0 Å². The lowest BCUT2D eigenvalue weighted by atomic mass is 10.1. The molecule has 1 aliphatic heterocycles. The number of piperazine rings is 1. The fourth-order valence-corrected chi connectivity index (χ4v) is 8.61. The molecule has 2 amide bonds. The van der Waals surface area contributed by atoms with Crippen LogP contribution in [0.3, 0.4) is 0 Å². The Morgan fingerprint density at radius 3 is 0.936 bits per heavy atom.